The Balaban J connectivity index is 0.000000673. The molecule has 0 atom stereocenters. The van der Waals surface area contributed by atoms with Gasteiger partial charge in [-0.25, -0.2) is 31.6 Å². The molecule has 0 aromatic heterocycles. The molecular weight excluding hydrogens is 561 g/mol. The number of benzene rings is 2. The van der Waals surface area contributed by atoms with Crippen LogP contribution in [-0.2, 0) is 19.6 Å². The zero-order chi connectivity index (χ0) is 29.5. The average molecular weight is 583 g/mol. The van der Waals surface area contributed by atoms with Crippen LogP contribution in [0.3, 0.4) is 0 Å². The molecule has 3 rings (SSSR count). The number of aliphatic carboxylic acids is 1. The van der Waals surface area contributed by atoms with Crippen LogP contribution in [0, 0.1) is 11.6 Å². The maximum atomic E-state index is 13.5. The molecule has 3 N–H and O–H groups in total. The second-order valence-electron chi connectivity index (χ2n) is 7.69. The fourth-order valence-corrected chi connectivity index (χ4v) is 4.30. The van der Waals surface area contributed by atoms with Crippen LogP contribution in [0.15, 0.2) is 41.3 Å². The van der Waals surface area contributed by atoms with Gasteiger partial charge in [-0.1, -0.05) is 0 Å². The first kappa shape index (κ1) is 31.1. The van der Waals surface area contributed by atoms with Crippen LogP contribution in [0.2, 0.25) is 0 Å². The molecule has 214 valence electrons. The largest absolute Gasteiger partial charge is 0.490 e. The number of nitrogens with one attached hydrogen (secondary N) is 1. The van der Waals surface area contributed by atoms with Crippen molar-refractivity contribution in [1.29, 1.82) is 0 Å². The van der Waals surface area contributed by atoms with E-state index in [1.807, 2.05) is 0 Å². The van der Waals surface area contributed by atoms with Crippen LogP contribution < -0.4 is 9.62 Å². The van der Waals surface area contributed by atoms with Gasteiger partial charge in [0.2, 0.25) is 0 Å². The second-order valence-corrected chi connectivity index (χ2v) is 9.38. The molecule has 1 aliphatic rings. The number of amides is 1. The van der Waals surface area contributed by atoms with Crippen LogP contribution in [0.25, 0.3) is 0 Å². The fraction of sp³-hybridized carbons (Fsp3) is 0.318. The Bertz CT molecular complexity index is 1330. The monoisotopic (exact) mass is 583 g/mol. The van der Waals surface area contributed by atoms with E-state index in [4.69, 9.17) is 14.6 Å². The summed E-state index contributed by atoms with van der Waals surface area (Å²) in [6.45, 7) is 3.25. The number of sulfonamides is 1. The van der Waals surface area contributed by atoms with Crippen LogP contribution in [0.5, 0.6) is 0 Å². The third-order valence-electron chi connectivity index (χ3n) is 5.08. The third kappa shape index (κ3) is 8.42. The van der Waals surface area contributed by atoms with E-state index in [0.717, 1.165) is 12.1 Å². The molecule has 0 aliphatic carbocycles. The highest BCUT2D eigenvalue weighted by Gasteiger charge is 2.38. The van der Waals surface area contributed by atoms with Gasteiger partial charge in [-0.15, -0.1) is 0 Å². The van der Waals surface area contributed by atoms with E-state index < -0.39 is 50.8 Å². The van der Waals surface area contributed by atoms with Crippen molar-refractivity contribution < 1.29 is 59.7 Å². The first-order chi connectivity index (χ1) is 18.1. The summed E-state index contributed by atoms with van der Waals surface area (Å²) in [5.41, 5.74) is 0.172. The smallest absolute Gasteiger partial charge is 0.478 e. The molecule has 0 radical (unpaired) electrons. The quantitative estimate of drug-likeness (QED) is 0.435. The van der Waals surface area contributed by atoms with Crippen LogP contribution >= 0.6 is 0 Å². The minimum Gasteiger partial charge on any atom is -0.478 e. The van der Waals surface area contributed by atoms with Crippen molar-refractivity contribution in [3.8, 4) is 0 Å². The molecule has 1 aliphatic heterocycles. The molecule has 1 fully saturated rings. The first-order valence-corrected chi connectivity index (χ1v) is 12.4. The van der Waals surface area contributed by atoms with Gasteiger partial charge in [0.1, 0.15) is 0 Å². The first-order valence-electron chi connectivity index (χ1n) is 10.9. The van der Waals surface area contributed by atoms with Gasteiger partial charge in [-0.3, -0.25) is 4.72 Å². The molecule has 11 nitrogen and oxygen atoms in total. The molecule has 1 amide bonds. The predicted octanol–water partition coefficient (Wildman–Crippen LogP) is 3.38. The van der Waals surface area contributed by atoms with Crippen molar-refractivity contribution >= 4 is 39.4 Å². The van der Waals surface area contributed by atoms with Gasteiger partial charge in [0, 0.05) is 26.2 Å². The zero-order valence-corrected chi connectivity index (χ0v) is 20.9. The highest BCUT2D eigenvalue weighted by Crippen LogP contribution is 2.31. The molecule has 2 aromatic carbocycles. The van der Waals surface area contributed by atoms with Crippen molar-refractivity contribution in [1.82, 2.24) is 4.90 Å². The maximum absolute atomic E-state index is 13.5. The number of ether oxygens (including phenoxy) is 1. The van der Waals surface area contributed by atoms with Crippen molar-refractivity contribution in [3.63, 3.8) is 0 Å². The summed E-state index contributed by atoms with van der Waals surface area (Å²) in [6.07, 6.45) is -5.53. The Hall–Kier alpha value is -4.15. The van der Waals surface area contributed by atoms with E-state index in [-0.39, 0.29) is 17.9 Å². The van der Waals surface area contributed by atoms with E-state index >= 15 is 0 Å². The topological polar surface area (TPSA) is 154 Å². The SMILES string of the molecule is CCOC(=O)N1CCN(c2ccc(C(=O)O)cc2NS(=O)(=O)c2ccc(F)c(F)c2)CC1.O=C(O)C(F)(F)F. The number of alkyl halides is 3. The number of piperazine rings is 1. The van der Waals surface area contributed by atoms with E-state index in [0.29, 0.717) is 44.0 Å². The standard InChI is InChI=1S/C20H21F2N3O6S.C2HF3O2/c1-2-31-20(28)25-9-7-24(8-10-25)18-6-3-13(19(26)27)11-17(18)23-32(29,30)14-4-5-15(21)16(22)12-14;3-2(4,5)1(6)7/h3-6,11-12,23H,2,7-10H2,1H3,(H,26,27);(H,6,7). The summed E-state index contributed by atoms with van der Waals surface area (Å²) in [4.78, 5) is 35.0. The number of carboxylic acid groups (broad SMARTS) is 2. The lowest BCUT2D eigenvalue weighted by molar-refractivity contribution is -0.192. The van der Waals surface area contributed by atoms with E-state index in [9.17, 15) is 45.1 Å². The molecular formula is C22H22F5N3O8S. The highest BCUT2D eigenvalue weighted by molar-refractivity contribution is 7.92. The Morgan fingerprint density at radius 1 is 0.974 bits per heavy atom. The average Bonchev–Trinajstić information content (AvgIpc) is 2.85. The zero-order valence-electron chi connectivity index (χ0n) is 20.0. The van der Waals surface area contributed by atoms with Crippen molar-refractivity contribution in [3.05, 3.63) is 53.6 Å². The number of anilines is 2. The summed E-state index contributed by atoms with van der Waals surface area (Å²) < 4.78 is 91.2. The van der Waals surface area contributed by atoms with Crippen LogP contribution in [0.4, 0.5) is 38.1 Å². The number of aromatic carboxylic acids is 1. The number of nitrogens with zero attached hydrogens (tertiary/aromatic N) is 2. The molecule has 1 heterocycles. The van der Waals surface area contributed by atoms with Crippen molar-refractivity contribution in [2.75, 3.05) is 42.4 Å². The molecule has 0 bridgehead atoms. The molecule has 0 unspecified atom stereocenters. The Labute approximate surface area is 218 Å². The number of rotatable bonds is 6. The lowest BCUT2D eigenvalue weighted by Crippen LogP contribution is -2.49. The number of carbonyl (C=O) groups excluding carboxylic acids is 1. The van der Waals surface area contributed by atoms with Gasteiger partial charge in [-0.05, 0) is 43.3 Å². The number of carboxylic acids is 2. The van der Waals surface area contributed by atoms with Gasteiger partial charge in [0.15, 0.2) is 11.6 Å². The molecule has 0 spiro atoms. The third-order valence-corrected chi connectivity index (χ3v) is 6.44. The fourth-order valence-electron chi connectivity index (χ4n) is 3.22. The molecule has 1 saturated heterocycles. The van der Waals surface area contributed by atoms with Crippen molar-refractivity contribution in [2.45, 2.75) is 18.0 Å². The van der Waals surface area contributed by atoms with E-state index in [2.05, 4.69) is 4.72 Å². The van der Waals surface area contributed by atoms with Gasteiger partial charge in [0.05, 0.1) is 28.4 Å². The lowest BCUT2D eigenvalue weighted by Gasteiger charge is -2.36. The number of carbonyl (C=O) groups is 3. The maximum Gasteiger partial charge on any atom is 0.490 e. The predicted molar refractivity (Wildman–Crippen MR) is 125 cm³/mol. The Morgan fingerprint density at radius 3 is 2.05 bits per heavy atom. The Morgan fingerprint density at radius 2 is 1.56 bits per heavy atom. The number of halogens is 5. The number of hydrogen-bond acceptors (Lipinski definition) is 7. The Kier molecular flexibility index (Phi) is 10.0. The molecule has 39 heavy (non-hydrogen) atoms. The molecule has 2 aromatic rings. The highest BCUT2D eigenvalue weighted by atomic mass is 32.2. The van der Waals surface area contributed by atoms with Gasteiger partial charge < -0.3 is 24.7 Å². The minimum absolute atomic E-state index is 0.0424. The van der Waals surface area contributed by atoms with Crippen molar-refractivity contribution in [2.24, 2.45) is 0 Å². The van der Waals surface area contributed by atoms with Crippen LogP contribution in [0.1, 0.15) is 17.3 Å². The van der Waals surface area contributed by atoms with Crippen LogP contribution in [-0.4, -0.2) is 80.5 Å². The summed E-state index contributed by atoms with van der Waals surface area (Å²) in [5, 5.41) is 16.4. The summed E-state index contributed by atoms with van der Waals surface area (Å²) in [7, 11) is -4.35. The molecule has 17 heteroatoms. The van der Waals surface area contributed by atoms with E-state index in [1.165, 1.54) is 17.0 Å². The summed E-state index contributed by atoms with van der Waals surface area (Å²) in [6, 6.07) is 6.05. The van der Waals surface area contributed by atoms with Gasteiger partial charge in [-0.2, -0.15) is 13.2 Å². The lowest BCUT2D eigenvalue weighted by atomic mass is 10.1. The second kappa shape index (κ2) is 12.6. The van der Waals surface area contributed by atoms with Gasteiger partial charge >= 0.3 is 24.2 Å². The normalized spacial score (nSPS) is 13.7. The molecule has 0 saturated carbocycles. The minimum atomic E-state index is -5.08. The summed E-state index contributed by atoms with van der Waals surface area (Å²) >= 11 is 0. The van der Waals surface area contributed by atoms with E-state index in [1.54, 1.807) is 11.8 Å². The number of hydrogen-bond donors (Lipinski definition) is 3. The van der Waals surface area contributed by atoms with Gasteiger partial charge in [0.25, 0.3) is 10.0 Å². The summed E-state index contributed by atoms with van der Waals surface area (Å²) in [5.74, 6) is -6.55.